The smallest absolute Gasteiger partial charge is 0.410 e. The molecule has 1 aromatic carbocycles. The molecule has 6 nitrogen and oxygen atoms in total. The summed E-state index contributed by atoms with van der Waals surface area (Å²) in [5, 5.41) is 2.93. The number of nitrogens with zero attached hydrogens (tertiary/aromatic N) is 2. The van der Waals surface area contributed by atoms with Crippen LogP contribution in [0, 0.1) is 12.3 Å². The first-order valence-corrected chi connectivity index (χ1v) is 9.33. The molecule has 1 fully saturated rings. The van der Waals surface area contributed by atoms with Crippen molar-refractivity contribution in [3.05, 3.63) is 35.4 Å². The van der Waals surface area contributed by atoms with Crippen LogP contribution < -0.4 is 5.32 Å². The van der Waals surface area contributed by atoms with E-state index >= 15 is 0 Å². The second-order valence-electron chi connectivity index (χ2n) is 7.64. The van der Waals surface area contributed by atoms with Crippen LogP contribution in [0.3, 0.4) is 0 Å². The minimum absolute atomic E-state index is 0.0895. The Kier molecular flexibility index (Phi) is 7.26. The highest BCUT2D eigenvalue weighted by atomic mass is 16.6. The first kappa shape index (κ1) is 20.8. The van der Waals surface area contributed by atoms with Crippen LogP contribution in [0.1, 0.15) is 43.1 Å². The second-order valence-corrected chi connectivity index (χ2v) is 7.64. The van der Waals surface area contributed by atoms with Crippen LogP contribution in [0.2, 0.25) is 0 Å². The van der Waals surface area contributed by atoms with E-state index in [9.17, 15) is 9.59 Å². The largest absolute Gasteiger partial charge is 0.444 e. The van der Waals surface area contributed by atoms with Crippen LogP contribution in [0.4, 0.5) is 4.79 Å². The van der Waals surface area contributed by atoms with Crippen molar-refractivity contribution in [2.75, 3.05) is 39.3 Å². The molecule has 0 spiro atoms. The molecule has 1 aromatic rings. The maximum absolute atomic E-state index is 12.1. The molecule has 0 radical (unpaired) electrons. The molecule has 27 heavy (non-hydrogen) atoms. The van der Waals surface area contributed by atoms with Crippen molar-refractivity contribution in [1.82, 2.24) is 15.1 Å². The van der Waals surface area contributed by atoms with E-state index in [1.54, 1.807) is 29.2 Å². The Hall–Kier alpha value is -2.52. The Bertz CT molecular complexity index is 678. The summed E-state index contributed by atoms with van der Waals surface area (Å²) in [5.41, 5.74) is 0.908. The highest BCUT2D eigenvalue weighted by Crippen LogP contribution is 2.12. The summed E-state index contributed by atoms with van der Waals surface area (Å²) in [6.07, 6.45) is 5.93. The van der Waals surface area contributed by atoms with E-state index in [0.29, 0.717) is 25.2 Å². The summed E-state index contributed by atoms with van der Waals surface area (Å²) in [6, 6.07) is 7.00. The highest BCUT2D eigenvalue weighted by molar-refractivity contribution is 5.94. The third-order valence-corrected chi connectivity index (χ3v) is 4.27. The van der Waals surface area contributed by atoms with Gasteiger partial charge in [-0.25, -0.2) is 4.79 Å². The fraction of sp³-hybridized carbons (Fsp3) is 0.524. The lowest BCUT2D eigenvalue weighted by atomic mass is 10.1. The number of carbonyl (C=O) groups is 2. The average molecular weight is 371 g/mol. The number of terminal acetylenes is 1. The monoisotopic (exact) mass is 371 g/mol. The maximum Gasteiger partial charge on any atom is 0.410 e. The topological polar surface area (TPSA) is 61.9 Å². The Morgan fingerprint density at radius 2 is 1.78 bits per heavy atom. The van der Waals surface area contributed by atoms with Gasteiger partial charge in [0.25, 0.3) is 5.91 Å². The standard InChI is InChI=1S/C21H29N3O3/c1-5-17-7-9-18(10-8-17)19(25)22-11-6-12-23-13-15-24(16-14-23)20(26)27-21(2,3)4/h1,7-10H,6,11-16H2,2-4H3,(H,22,25). The van der Waals surface area contributed by atoms with Gasteiger partial charge in [-0.3, -0.25) is 9.69 Å². The molecule has 2 rings (SSSR count). The van der Waals surface area contributed by atoms with E-state index in [1.807, 2.05) is 20.8 Å². The Labute approximate surface area is 161 Å². The molecule has 0 saturated carbocycles. The molecule has 0 unspecified atom stereocenters. The molecule has 1 heterocycles. The number of piperazine rings is 1. The molecule has 0 aliphatic carbocycles. The van der Waals surface area contributed by atoms with E-state index in [0.717, 1.165) is 31.6 Å². The minimum atomic E-state index is -0.465. The summed E-state index contributed by atoms with van der Waals surface area (Å²) in [6.45, 7) is 10.1. The number of rotatable bonds is 5. The van der Waals surface area contributed by atoms with Gasteiger partial charge in [-0.1, -0.05) is 5.92 Å². The van der Waals surface area contributed by atoms with Crippen molar-refractivity contribution in [2.45, 2.75) is 32.8 Å². The summed E-state index contributed by atoms with van der Waals surface area (Å²) in [4.78, 5) is 28.2. The van der Waals surface area contributed by atoms with Crippen molar-refractivity contribution in [3.8, 4) is 12.3 Å². The van der Waals surface area contributed by atoms with Crippen LogP contribution >= 0.6 is 0 Å². The van der Waals surface area contributed by atoms with Crippen molar-refractivity contribution in [2.24, 2.45) is 0 Å². The van der Waals surface area contributed by atoms with E-state index in [4.69, 9.17) is 11.2 Å². The van der Waals surface area contributed by atoms with Gasteiger partial charge in [0, 0.05) is 43.9 Å². The first-order chi connectivity index (χ1) is 12.8. The van der Waals surface area contributed by atoms with E-state index in [1.165, 1.54) is 0 Å². The molecule has 2 amide bonds. The third-order valence-electron chi connectivity index (χ3n) is 4.27. The average Bonchev–Trinajstić information content (AvgIpc) is 2.64. The molecular weight excluding hydrogens is 342 g/mol. The highest BCUT2D eigenvalue weighted by Gasteiger charge is 2.25. The summed E-state index contributed by atoms with van der Waals surface area (Å²) in [7, 11) is 0. The van der Waals surface area contributed by atoms with Crippen LogP contribution in [0.5, 0.6) is 0 Å². The number of hydrogen-bond acceptors (Lipinski definition) is 4. The maximum atomic E-state index is 12.1. The molecular formula is C21H29N3O3. The van der Waals surface area contributed by atoms with Gasteiger partial charge < -0.3 is 15.0 Å². The summed E-state index contributed by atoms with van der Waals surface area (Å²) >= 11 is 0. The predicted octanol–water partition coefficient (Wildman–Crippen LogP) is 2.34. The molecule has 1 aliphatic rings. The molecule has 0 atom stereocenters. The molecule has 146 valence electrons. The Balaban J connectivity index is 1.63. The van der Waals surface area contributed by atoms with Crippen LogP contribution in [-0.4, -0.2) is 66.7 Å². The van der Waals surface area contributed by atoms with Crippen LogP contribution in [0.25, 0.3) is 0 Å². The van der Waals surface area contributed by atoms with Gasteiger partial charge >= 0.3 is 6.09 Å². The zero-order chi connectivity index (χ0) is 19.9. The lowest BCUT2D eigenvalue weighted by molar-refractivity contribution is 0.0144. The second kappa shape index (κ2) is 9.43. The number of carbonyl (C=O) groups excluding carboxylic acids is 2. The Morgan fingerprint density at radius 3 is 2.33 bits per heavy atom. The van der Waals surface area contributed by atoms with Gasteiger partial charge in [0.05, 0.1) is 0 Å². The molecule has 1 N–H and O–H groups in total. The number of nitrogens with one attached hydrogen (secondary N) is 1. The molecule has 0 aromatic heterocycles. The zero-order valence-electron chi connectivity index (χ0n) is 16.5. The van der Waals surface area contributed by atoms with Gasteiger partial charge in [-0.15, -0.1) is 6.42 Å². The van der Waals surface area contributed by atoms with Gasteiger partial charge in [-0.05, 0) is 58.0 Å². The quantitative estimate of drug-likeness (QED) is 0.637. The fourth-order valence-electron chi connectivity index (χ4n) is 2.81. The Morgan fingerprint density at radius 1 is 1.15 bits per heavy atom. The van der Waals surface area contributed by atoms with Crippen molar-refractivity contribution < 1.29 is 14.3 Å². The van der Waals surface area contributed by atoms with Crippen molar-refractivity contribution in [1.29, 1.82) is 0 Å². The molecule has 1 aliphatic heterocycles. The summed E-state index contributed by atoms with van der Waals surface area (Å²) < 4.78 is 5.40. The molecule has 0 bridgehead atoms. The van der Waals surface area contributed by atoms with E-state index in [-0.39, 0.29) is 12.0 Å². The van der Waals surface area contributed by atoms with Crippen LogP contribution in [0.15, 0.2) is 24.3 Å². The zero-order valence-corrected chi connectivity index (χ0v) is 16.5. The van der Waals surface area contributed by atoms with E-state index < -0.39 is 5.60 Å². The lowest BCUT2D eigenvalue weighted by Crippen LogP contribution is -2.50. The van der Waals surface area contributed by atoms with Crippen molar-refractivity contribution in [3.63, 3.8) is 0 Å². The number of ether oxygens (including phenoxy) is 1. The fourth-order valence-corrected chi connectivity index (χ4v) is 2.81. The van der Waals surface area contributed by atoms with Gasteiger partial charge in [0.1, 0.15) is 5.60 Å². The minimum Gasteiger partial charge on any atom is -0.444 e. The SMILES string of the molecule is C#Cc1ccc(C(=O)NCCCN2CCN(C(=O)OC(C)(C)C)CC2)cc1. The predicted molar refractivity (Wildman–Crippen MR) is 106 cm³/mol. The first-order valence-electron chi connectivity index (χ1n) is 9.33. The molecule has 1 saturated heterocycles. The van der Waals surface area contributed by atoms with Gasteiger partial charge in [0.15, 0.2) is 0 Å². The summed E-state index contributed by atoms with van der Waals surface area (Å²) in [5.74, 6) is 2.44. The number of amides is 2. The van der Waals surface area contributed by atoms with Crippen molar-refractivity contribution >= 4 is 12.0 Å². The lowest BCUT2D eigenvalue weighted by Gasteiger charge is -2.35. The normalized spacial score (nSPS) is 15.1. The van der Waals surface area contributed by atoms with Gasteiger partial charge in [-0.2, -0.15) is 0 Å². The van der Waals surface area contributed by atoms with E-state index in [2.05, 4.69) is 16.1 Å². The number of hydrogen-bond donors (Lipinski definition) is 1. The molecule has 6 heteroatoms. The van der Waals surface area contributed by atoms with Crippen LogP contribution in [-0.2, 0) is 4.74 Å². The number of benzene rings is 1. The third kappa shape index (κ3) is 6.95. The van der Waals surface area contributed by atoms with Gasteiger partial charge in [0.2, 0.25) is 0 Å².